The van der Waals surface area contributed by atoms with Crippen molar-refractivity contribution in [1.29, 1.82) is 0 Å². The average molecular weight is 203 g/mol. The Morgan fingerprint density at radius 2 is 2.62 bits per heavy atom. The van der Waals surface area contributed by atoms with Gasteiger partial charge in [-0.3, -0.25) is 0 Å². The molecular formula is C11H14ClN. The first kappa shape index (κ1) is 3.92. The van der Waals surface area contributed by atoms with Crippen molar-refractivity contribution in [1.82, 2.24) is 5.32 Å². The van der Waals surface area contributed by atoms with Crippen LogP contribution in [-0.2, 0) is 6.42 Å². The van der Waals surface area contributed by atoms with Gasteiger partial charge in [0.15, 0.2) is 0 Å². The molecule has 0 fully saturated rings. The second kappa shape index (κ2) is 3.69. The minimum absolute atomic E-state index is 0.119. The lowest BCUT2D eigenvalue weighted by atomic mass is 9.96. The normalized spacial score (nSPS) is 38.8. The van der Waals surface area contributed by atoms with Crippen molar-refractivity contribution in [3.05, 3.63) is 34.3 Å². The van der Waals surface area contributed by atoms with Crippen molar-refractivity contribution in [3.8, 4) is 0 Å². The Morgan fingerprint density at radius 3 is 3.46 bits per heavy atom. The van der Waals surface area contributed by atoms with Gasteiger partial charge in [0.2, 0.25) is 0 Å². The molecule has 1 heterocycles. The van der Waals surface area contributed by atoms with Crippen LogP contribution in [0, 0.1) is 0 Å². The van der Waals surface area contributed by atoms with Crippen molar-refractivity contribution >= 4 is 11.6 Å². The highest BCUT2D eigenvalue weighted by molar-refractivity contribution is 6.30. The maximum Gasteiger partial charge on any atom is 0.0434 e. The van der Waals surface area contributed by atoms with E-state index in [4.69, 9.17) is 21.2 Å². The molecule has 2 rings (SSSR count). The van der Waals surface area contributed by atoms with Crippen molar-refractivity contribution in [3.63, 3.8) is 0 Å². The summed E-state index contributed by atoms with van der Waals surface area (Å²) in [5.41, 5.74) is 0.686. The first-order chi connectivity index (χ1) is 8.92. The highest BCUT2D eigenvalue weighted by Crippen LogP contribution is 2.25. The largest absolute Gasteiger partial charge is 0.316 e. The topological polar surface area (TPSA) is 12.0 Å². The third-order valence-electron chi connectivity index (χ3n) is 2.00. The summed E-state index contributed by atoms with van der Waals surface area (Å²) < 4.78 is 54.3. The predicted molar refractivity (Wildman–Crippen MR) is 56.4 cm³/mol. The zero-order valence-corrected chi connectivity index (χ0v) is 7.65. The first-order valence-corrected chi connectivity index (χ1v) is 4.38. The summed E-state index contributed by atoms with van der Waals surface area (Å²) in [6.45, 7) is -7.06. The fraction of sp³-hybridized carbons (Fsp3) is 0.455. The number of hydrogen-bond donors (Lipinski definition) is 1. The molecule has 0 spiro atoms. The van der Waals surface area contributed by atoms with E-state index in [2.05, 4.69) is 5.32 Å². The van der Waals surface area contributed by atoms with Crippen LogP contribution in [0.3, 0.4) is 0 Å². The smallest absolute Gasteiger partial charge is 0.0434 e. The van der Waals surface area contributed by atoms with Gasteiger partial charge >= 0.3 is 0 Å². The third kappa shape index (κ3) is 1.87. The number of fused-ring (bicyclic) bond motifs is 1. The lowest BCUT2D eigenvalue weighted by Gasteiger charge is -2.11. The Morgan fingerprint density at radius 1 is 1.69 bits per heavy atom. The van der Waals surface area contributed by atoms with Crippen LogP contribution in [0.2, 0.25) is 5.02 Å². The molecule has 1 nitrogen and oxygen atoms in total. The SMILES string of the molecule is [2H]C1([2H])Cc2ccc(Cl)cc2[C@@H](C([2H])([2H])[2H])C([2H])([2H])N1. The van der Waals surface area contributed by atoms with Crippen molar-refractivity contribution in [2.45, 2.75) is 19.2 Å². The average Bonchev–Trinajstić information content (AvgIpc) is 2.24. The molecule has 0 bridgehead atoms. The fourth-order valence-electron chi connectivity index (χ4n) is 1.34. The summed E-state index contributed by atoms with van der Waals surface area (Å²) >= 11 is 5.89. The van der Waals surface area contributed by atoms with Crippen LogP contribution in [-0.4, -0.2) is 13.0 Å². The molecule has 0 aromatic heterocycles. The van der Waals surface area contributed by atoms with E-state index in [0.717, 1.165) is 0 Å². The maximum atomic E-state index is 7.95. The number of aryl methyl sites for hydroxylation is 1. The molecule has 1 aromatic rings. The highest BCUT2D eigenvalue weighted by atomic mass is 35.5. The molecule has 1 aromatic carbocycles. The van der Waals surface area contributed by atoms with E-state index in [0.29, 0.717) is 10.6 Å². The summed E-state index contributed by atoms with van der Waals surface area (Å²) in [4.78, 5) is 0. The Hall–Kier alpha value is -0.530. The van der Waals surface area contributed by atoms with Gasteiger partial charge in [0, 0.05) is 21.1 Å². The van der Waals surface area contributed by atoms with Crippen molar-refractivity contribution < 1.29 is 9.60 Å². The van der Waals surface area contributed by atoms with Crippen LogP contribution >= 0.6 is 11.6 Å². The number of hydrogen-bond acceptors (Lipinski definition) is 1. The van der Waals surface area contributed by atoms with Gasteiger partial charge in [0.1, 0.15) is 0 Å². The van der Waals surface area contributed by atoms with Gasteiger partial charge in [-0.05, 0) is 42.1 Å². The van der Waals surface area contributed by atoms with Crippen molar-refractivity contribution in [2.24, 2.45) is 0 Å². The Balaban J connectivity index is 2.69. The molecule has 0 amide bonds. The Kier molecular flexibility index (Phi) is 1.11. The summed E-state index contributed by atoms with van der Waals surface area (Å²) in [7, 11) is 0. The van der Waals surface area contributed by atoms with E-state index >= 15 is 0 Å². The van der Waals surface area contributed by atoms with Gasteiger partial charge in [-0.2, -0.15) is 0 Å². The molecule has 70 valence electrons. The monoisotopic (exact) mass is 202 g/mol. The van der Waals surface area contributed by atoms with E-state index in [-0.39, 0.29) is 12.0 Å². The molecule has 1 N–H and O–H groups in total. The zero-order chi connectivity index (χ0) is 15.3. The van der Waals surface area contributed by atoms with E-state index in [1.54, 1.807) is 12.1 Å². The van der Waals surface area contributed by atoms with Gasteiger partial charge in [0.05, 0.1) is 0 Å². The summed E-state index contributed by atoms with van der Waals surface area (Å²) in [6, 6.07) is 4.51. The van der Waals surface area contributed by atoms with Crippen LogP contribution < -0.4 is 5.32 Å². The number of nitrogens with one attached hydrogen (secondary N) is 1. The zero-order valence-electron chi connectivity index (χ0n) is 13.9. The summed E-state index contributed by atoms with van der Waals surface area (Å²) in [6.07, 6.45) is -0.119. The molecule has 0 radical (unpaired) electrons. The van der Waals surface area contributed by atoms with Crippen LogP contribution in [0.15, 0.2) is 18.2 Å². The first-order valence-electron chi connectivity index (χ1n) is 7.50. The van der Waals surface area contributed by atoms with Crippen LogP contribution in [0.5, 0.6) is 0 Å². The fourth-order valence-corrected chi connectivity index (χ4v) is 1.52. The number of halogens is 1. The molecule has 1 aliphatic heterocycles. The van der Waals surface area contributed by atoms with Crippen molar-refractivity contribution in [2.75, 3.05) is 13.0 Å². The number of rotatable bonds is 0. The predicted octanol–water partition coefficient (Wildman–Crippen LogP) is 2.59. The standard InChI is InChI=1S/C11H14ClN/c1-8-7-13-5-4-9-2-3-10(12)6-11(8)9/h2-3,6,8,13H,4-5,7H2,1H3/t8-/m0/s1/i1D3,5D2,7D2. The quantitative estimate of drug-likeness (QED) is 0.682. The second-order valence-electron chi connectivity index (χ2n) is 2.90. The molecule has 0 saturated heterocycles. The van der Waals surface area contributed by atoms with E-state index in [1.807, 2.05) is 0 Å². The van der Waals surface area contributed by atoms with Gasteiger partial charge in [-0.25, -0.2) is 0 Å². The number of benzene rings is 1. The molecular weight excluding hydrogens is 182 g/mol. The Bertz CT molecular complexity index is 526. The molecule has 1 atom stereocenters. The Labute approximate surface area is 93.9 Å². The molecule has 0 saturated carbocycles. The molecule has 1 aliphatic rings. The lowest BCUT2D eigenvalue weighted by molar-refractivity contribution is 0.644. The molecule has 0 unspecified atom stereocenters. The summed E-state index contributed by atoms with van der Waals surface area (Å²) in [5.74, 6) is -1.48. The summed E-state index contributed by atoms with van der Waals surface area (Å²) in [5, 5.41) is 2.48. The molecule has 0 aliphatic carbocycles. The van der Waals surface area contributed by atoms with E-state index in [1.165, 1.54) is 6.07 Å². The second-order valence-corrected chi connectivity index (χ2v) is 3.34. The lowest BCUT2D eigenvalue weighted by Crippen LogP contribution is -2.18. The van der Waals surface area contributed by atoms with Gasteiger partial charge in [-0.1, -0.05) is 24.5 Å². The minimum Gasteiger partial charge on any atom is -0.316 e. The minimum atomic E-state index is -2.61. The van der Waals surface area contributed by atoms with Gasteiger partial charge < -0.3 is 5.32 Å². The highest BCUT2D eigenvalue weighted by Gasteiger charge is 2.13. The van der Waals surface area contributed by atoms with Crippen LogP contribution in [0.1, 0.15) is 33.5 Å². The van der Waals surface area contributed by atoms with Gasteiger partial charge in [0.25, 0.3) is 0 Å². The van der Waals surface area contributed by atoms with Gasteiger partial charge in [-0.15, -0.1) is 0 Å². The molecule has 13 heavy (non-hydrogen) atoms. The van der Waals surface area contributed by atoms with Crippen LogP contribution in [0.4, 0.5) is 0 Å². The van der Waals surface area contributed by atoms with E-state index in [9.17, 15) is 0 Å². The van der Waals surface area contributed by atoms with Crippen LogP contribution in [0.25, 0.3) is 0 Å². The van der Waals surface area contributed by atoms with E-state index < -0.39 is 25.8 Å². The third-order valence-corrected chi connectivity index (χ3v) is 2.24. The maximum absolute atomic E-state index is 7.95. The molecule has 2 heteroatoms.